The number of allylic oxidation sites excluding steroid dienone is 4. The van der Waals surface area contributed by atoms with E-state index in [1.165, 1.54) is 0 Å². The van der Waals surface area contributed by atoms with Crippen LogP contribution in [0.25, 0.3) is 0 Å². The van der Waals surface area contributed by atoms with E-state index in [4.69, 9.17) is 0 Å². The van der Waals surface area contributed by atoms with Gasteiger partial charge in [0, 0.05) is 11.8 Å². The summed E-state index contributed by atoms with van der Waals surface area (Å²) in [6.45, 7) is 2.17. The summed E-state index contributed by atoms with van der Waals surface area (Å²) >= 11 is 0. The summed E-state index contributed by atoms with van der Waals surface area (Å²) in [5, 5.41) is 0. The lowest BCUT2D eigenvalue weighted by atomic mass is 9.75. The van der Waals surface area contributed by atoms with Gasteiger partial charge in [-0.15, -0.1) is 0 Å². The van der Waals surface area contributed by atoms with E-state index in [-0.39, 0.29) is 11.2 Å². The Bertz CT molecular complexity index is 284. The van der Waals surface area contributed by atoms with Crippen LogP contribution >= 0.6 is 0 Å². The molecule has 0 saturated heterocycles. The van der Waals surface area contributed by atoms with Crippen molar-refractivity contribution in [1.82, 2.24) is 0 Å². The molecule has 0 aromatic rings. The van der Waals surface area contributed by atoms with Gasteiger partial charge in [0.15, 0.2) is 5.78 Å². The maximum Gasteiger partial charge on any atom is 0.178 e. The number of carbonyl (C=O) groups excluding carboxylic acids is 2. The number of unbranched alkanes of at least 4 members (excludes halogenated alkanes) is 2. The van der Waals surface area contributed by atoms with Crippen molar-refractivity contribution < 1.29 is 9.59 Å². The highest BCUT2D eigenvalue weighted by molar-refractivity contribution is 6.00. The third kappa shape index (κ3) is 3.76. The summed E-state index contributed by atoms with van der Waals surface area (Å²) in [6, 6.07) is 0. The number of carbonyl (C=O) groups is 2. The summed E-state index contributed by atoms with van der Waals surface area (Å²) < 4.78 is 0. The van der Waals surface area contributed by atoms with Gasteiger partial charge in [0.05, 0.1) is 0 Å². The first-order chi connectivity index (χ1) is 7.72. The van der Waals surface area contributed by atoms with Gasteiger partial charge in [0.25, 0.3) is 0 Å². The van der Waals surface area contributed by atoms with Crippen LogP contribution in [0.15, 0.2) is 24.3 Å². The molecule has 1 rings (SSSR count). The molecule has 0 saturated carbocycles. The van der Waals surface area contributed by atoms with Crippen molar-refractivity contribution in [2.45, 2.75) is 45.4 Å². The SMILES string of the molecule is CCCCC1(CCCC=O)C=CC(=O)C=C1. The second kappa shape index (κ2) is 6.41. The minimum absolute atomic E-state index is 0.0208. The predicted molar refractivity (Wildman–Crippen MR) is 65.2 cm³/mol. The van der Waals surface area contributed by atoms with Gasteiger partial charge < -0.3 is 4.79 Å². The lowest BCUT2D eigenvalue weighted by molar-refractivity contribution is -0.111. The third-order valence-corrected chi connectivity index (χ3v) is 3.12. The Balaban J connectivity index is 2.61. The van der Waals surface area contributed by atoms with Gasteiger partial charge in [-0.3, -0.25) is 4.79 Å². The molecule has 1 aliphatic rings. The van der Waals surface area contributed by atoms with Crippen LogP contribution in [0.2, 0.25) is 0 Å². The van der Waals surface area contributed by atoms with Crippen LogP contribution in [0.3, 0.4) is 0 Å². The van der Waals surface area contributed by atoms with Crippen LogP contribution in [0.4, 0.5) is 0 Å². The Labute approximate surface area is 97.4 Å². The molecule has 0 bridgehead atoms. The molecule has 2 nitrogen and oxygen atoms in total. The van der Waals surface area contributed by atoms with E-state index in [2.05, 4.69) is 6.92 Å². The highest BCUT2D eigenvalue weighted by Gasteiger charge is 2.25. The van der Waals surface area contributed by atoms with Crippen molar-refractivity contribution in [2.24, 2.45) is 5.41 Å². The number of rotatable bonds is 7. The van der Waals surface area contributed by atoms with Crippen LogP contribution in [0.5, 0.6) is 0 Å². The molecular weight excluding hydrogens is 200 g/mol. The average Bonchev–Trinajstić information content (AvgIpc) is 2.31. The zero-order valence-electron chi connectivity index (χ0n) is 9.95. The molecule has 0 amide bonds. The van der Waals surface area contributed by atoms with Crippen molar-refractivity contribution in [2.75, 3.05) is 0 Å². The Kier molecular flexibility index (Phi) is 5.17. The van der Waals surface area contributed by atoms with Gasteiger partial charge in [-0.05, 0) is 31.4 Å². The zero-order chi connectivity index (χ0) is 11.9. The third-order valence-electron chi connectivity index (χ3n) is 3.12. The summed E-state index contributed by atoms with van der Waals surface area (Å²) in [5.41, 5.74) is 0.0208. The predicted octanol–water partition coefficient (Wildman–Crippen LogP) is 3.23. The molecule has 0 radical (unpaired) electrons. The molecule has 0 heterocycles. The van der Waals surface area contributed by atoms with Crippen LogP contribution in [0.1, 0.15) is 45.4 Å². The monoisotopic (exact) mass is 220 g/mol. The number of aldehydes is 1. The molecule has 0 spiro atoms. The molecule has 16 heavy (non-hydrogen) atoms. The fourth-order valence-electron chi connectivity index (χ4n) is 2.09. The first-order valence-corrected chi connectivity index (χ1v) is 6.08. The maximum absolute atomic E-state index is 11.1. The van der Waals surface area contributed by atoms with Crippen LogP contribution in [-0.2, 0) is 9.59 Å². The number of hydrogen-bond donors (Lipinski definition) is 0. The average molecular weight is 220 g/mol. The summed E-state index contributed by atoms with van der Waals surface area (Å²) in [6.07, 6.45) is 14.2. The fraction of sp³-hybridized carbons (Fsp3) is 0.571. The standard InChI is InChI=1S/C14H20O2/c1-2-3-8-14(9-4-5-12-15)10-6-13(16)7-11-14/h6-7,10-12H,2-5,8-9H2,1H3. The molecule has 0 atom stereocenters. The summed E-state index contributed by atoms with van der Waals surface area (Å²) in [4.78, 5) is 21.5. The quantitative estimate of drug-likeness (QED) is 0.487. The molecule has 0 N–H and O–H groups in total. The van der Waals surface area contributed by atoms with Gasteiger partial charge in [-0.1, -0.05) is 31.9 Å². The van der Waals surface area contributed by atoms with Gasteiger partial charge in [0.1, 0.15) is 6.29 Å². The van der Waals surface area contributed by atoms with Crippen molar-refractivity contribution in [3.05, 3.63) is 24.3 Å². The molecule has 0 aromatic carbocycles. The smallest absolute Gasteiger partial charge is 0.178 e. The Morgan fingerprint density at radius 2 is 1.81 bits per heavy atom. The van der Waals surface area contributed by atoms with E-state index in [1.807, 2.05) is 12.2 Å². The minimum atomic E-state index is 0.0208. The van der Waals surface area contributed by atoms with Crippen molar-refractivity contribution in [1.29, 1.82) is 0 Å². The Morgan fingerprint density at radius 1 is 1.19 bits per heavy atom. The Hall–Kier alpha value is -1.18. The molecule has 0 fully saturated rings. The van der Waals surface area contributed by atoms with Crippen LogP contribution in [0, 0.1) is 5.41 Å². The van der Waals surface area contributed by atoms with Crippen molar-refractivity contribution in [3.8, 4) is 0 Å². The number of hydrogen-bond acceptors (Lipinski definition) is 2. The highest BCUT2D eigenvalue weighted by Crippen LogP contribution is 2.36. The summed E-state index contributed by atoms with van der Waals surface area (Å²) in [7, 11) is 0. The van der Waals surface area contributed by atoms with Gasteiger partial charge in [0.2, 0.25) is 0 Å². The Morgan fingerprint density at radius 3 is 2.38 bits per heavy atom. The van der Waals surface area contributed by atoms with Gasteiger partial charge in [-0.2, -0.15) is 0 Å². The maximum atomic E-state index is 11.1. The van der Waals surface area contributed by atoms with Crippen molar-refractivity contribution in [3.63, 3.8) is 0 Å². The van der Waals surface area contributed by atoms with E-state index in [9.17, 15) is 9.59 Å². The van der Waals surface area contributed by atoms with E-state index >= 15 is 0 Å². The molecule has 0 aliphatic heterocycles. The largest absolute Gasteiger partial charge is 0.303 e. The molecular formula is C14H20O2. The van der Waals surface area contributed by atoms with Crippen LogP contribution in [-0.4, -0.2) is 12.1 Å². The molecule has 1 aliphatic carbocycles. The van der Waals surface area contributed by atoms with E-state index in [0.29, 0.717) is 6.42 Å². The van der Waals surface area contributed by atoms with E-state index < -0.39 is 0 Å². The van der Waals surface area contributed by atoms with Gasteiger partial charge >= 0.3 is 0 Å². The second-order valence-corrected chi connectivity index (χ2v) is 4.46. The molecule has 0 unspecified atom stereocenters. The zero-order valence-corrected chi connectivity index (χ0v) is 9.95. The normalized spacial score (nSPS) is 17.7. The van der Waals surface area contributed by atoms with Gasteiger partial charge in [-0.25, -0.2) is 0 Å². The van der Waals surface area contributed by atoms with E-state index in [0.717, 1.165) is 38.4 Å². The topological polar surface area (TPSA) is 34.1 Å². The number of ketones is 1. The molecule has 0 aromatic heterocycles. The molecule has 88 valence electrons. The first kappa shape index (κ1) is 12.9. The van der Waals surface area contributed by atoms with Crippen molar-refractivity contribution >= 4 is 12.1 Å². The van der Waals surface area contributed by atoms with E-state index in [1.54, 1.807) is 12.2 Å². The lowest BCUT2D eigenvalue weighted by Gasteiger charge is -2.28. The van der Waals surface area contributed by atoms with Crippen LogP contribution < -0.4 is 0 Å². The molecule has 2 heteroatoms. The lowest BCUT2D eigenvalue weighted by Crippen LogP contribution is -2.18. The minimum Gasteiger partial charge on any atom is -0.303 e. The second-order valence-electron chi connectivity index (χ2n) is 4.46. The first-order valence-electron chi connectivity index (χ1n) is 6.08. The summed E-state index contributed by atoms with van der Waals surface area (Å²) in [5.74, 6) is 0.0718. The highest BCUT2D eigenvalue weighted by atomic mass is 16.1. The fourth-order valence-corrected chi connectivity index (χ4v) is 2.09.